The van der Waals surface area contributed by atoms with Crippen molar-refractivity contribution in [2.24, 2.45) is 0 Å². The van der Waals surface area contributed by atoms with Crippen LogP contribution in [0.25, 0.3) is 11.0 Å². The number of ether oxygens (including phenoxy) is 1. The number of amides is 1. The predicted octanol–water partition coefficient (Wildman–Crippen LogP) is 2.79. The van der Waals surface area contributed by atoms with E-state index >= 15 is 4.39 Å². The summed E-state index contributed by atoms with van der Waals surface area (Å²) in [5.41, 5.74) is -0.0818. The Morgan fingerprint density at radius 1 is 1.18 bits per heavy atom. The molecule has 4 N–H and O–H groups in total. The second-order valence-corrected chi connectivity index (χ2v) is 9.98. The molecule has 2 heterocycles. The number of H-pyrrole nitrogens is 1. The van der Waals surface area contributed by atoms with Gasteiger partial charge in [0.15, 0.2) is 5.82 Å². The van der Waals surface area contributed by atoms with Gasteiger partial charge in [-0.05, 0) is 35.4 Å². The fraction of sp³-hybridized carbons (Fsp3) is 0.208. The molecule has 4 rings (SSSR count). The van der Waals surface area contributed by atoms with E-state index in [4.69, 9.17) is 9.15 Å². The average molecular weight is 545 g/mol. The molecule has 0 aliphatic heterocycles. The summed E-state index contributed by atoms with van der Waals surface area (Å²) in [6.45, 7) is 0.143. The van der Waals surface area contributed by atoms with Crippen LogP contribution >= 0.6 is 0 Å². The minimum atomic E-state index is -3.96. The van der Waals surface area contributed by atoms with Crippen molar-refractivity contribution in [3.8, 4) is 5.75 Å². The Balaban J connectivity index is 1.78. The first-order valence-electron chi connectivity index (χ1n) is 11.3. The maximum atomic E-state index is 15.3. The number of halogens is 1. The normalized spacial score (nSPS) is 11.4. The third kappa shape index (κ3) is 5.92. The average Bonchev–Trinajstić information content (AvgIpc) is 3.39. The summed E-state index contributed by atoms with van der Waals surface area (Å²) in [6, 6.07) is 10.5. The van der Waals surface area contributed by atoms with Gasteiger partial charge in [-0.1, -0.05) is 12.1 Å². The summed E-state index contributed by atoms with van der Waals surface area (Å²) in [5.74, 6) is -0.0668. The van der Waals surface area contributed by atoms with E-state index in [2.05, 4.69) is 25.0 Å². The number of rotatable bonds is 9. The van der Waals surface area contributed by atoms with Gasteiger partial charge in [-0.3, -0.25) is 9.82 Å². The molecule has 4 aromatic rings. The van der Waals surface area contributed by atoms with Crippen molar-refractivity contribution in [2.75, 3.05) is 31.2 Å². The van der Waals surface area contributed by atoms with Crippen LogP contribution in [-0.2, 0) is 23.2 Å². The van der Waals surface area contributed by atoms with Gasteiger partial charge >= 0.3 is 11.7 Å². The fourth-order valence-electron chi connectivity index (χ4n) is 3.64. The van der Waals surface area contributed by atoms with Crippen LogP contribution in [0.2, 0.25) is 0 Å². The number of anilines is 2. The van der Waals surface area contributed by atoms with E-state index in [9.17, 15) is 18.0 Å². The molecule has 0 unspecified atom stereocenters. The van der Waals surface area contributed by atoms with E-state index < -0.39 is 27.7 Å². The fourth-order valence-corrected chi connectivity index (χ4v) is 4.19. The predicted molar refractivity (Wildman–Crippen MR) is 139 cm³/mol. The topological polar surface area (TPSA) is 159 Å². The van der Waals surface area contributed by atoms with Gasteiger partial charge in [-0.2, -0.15) is 13.5 Å². The van der Waals surface area contributed by atoms with Crippen molar-refractivity contribution in [1.29, 1.82) is 0 Å². The number of hydrogen-bond donors (Lipinski definition) is 4. The Morgan fingerprint density at radius 2 is 1.97 bits per heavy atom. The molecule has 0 aliphatic carbocycles. The van der Waals surface area contributed by atoms with Crippen LogP contribution in [0.5, 0.6) is 5.75 Å². The summed E-state index contributed by atoms with van der Waals surface area (Å²) in [7, 11) is 0.300. The summed E-state index contributed by atoms with van der Waals surface area (Å²) < 4.78 is 54.0. The third-order valence-corrected chi connectivity index (χ3v) is 6.60. The molecule has 200 valence electrons. The molecule has 2 aromatic carbocycles. The Labute approximate surface area is 217 Å². The van der Waals surface area contributed by atoms with Gasteiger partial charge in [-0.25, -0.2) is 18.7 Å². The van der Waals surface area contributed by atoms with E-state index in [0.29, 0.717) is 16.8 Å². The van der Waals surface area contributed by atoms with Crippen LogP contribution in [-0.4, -0.2) is 50.8 Å². The van der Waals surface area contributed by atoms with Gasteiger partial charge in [0.1, 0.15) is 17.2 Å². The highest BCUT2D eigenvalue weighted by molar-refractivity contribution is 7.90. The van der Waals surface area contributed by atoms with Gasteiger partial charge in [0, 0.05) is 51.1 Å². The quantitative estimate of drug-likeness (QED) is 0.234. The zero-order chi connectivity index (χ0) is 27.4. The van der Waals surface area contributed by atoms with E-state index in [1.165, 1.54) is 50.3 Å². The van der Waals surface area contributed by atoms with Crippen LogP contribution < -0.4 is 25.1 Å². The summed E-state index contributed by atoms with van der Waals surface area (Å²) >= 11 is 0. The summed E-state index contributed by atoms with van der Waals surface area (Å²) in [5, 5.41) is 10.3. The number of carbonyl (C=O) groups is 1. The molecule has 0 radical (unpaired) electrons. The number of benzene rings is 2. The van der Waals surface area contributed by atoms with E-state index in [0.717, 1.165) is 0 Å². The summed E-state index contributed by atoms with van der Waals surface area (Å²) in [4.78, 5) is 26.4. The van der Waals surface area contributed by atoms with E-state index in [1.807, 2.05) is 0 Å². The van der Waals surface area contributed by atoms with Crippen molar-refractivity contribution in [3.05, 3.63) is 81.6 Å². The number of nitrogens with zero attached hydrogens (tertiary/aromatic N) is 2. The van der Waals surface area contributed by atoms with Crippen LogP contribution in [0, 0.1) is 5.82 Å². The Bertz CT molecular complexity index is 1640. The van der Waals surface area contributed by atoms with Crippen molar-refractivity contribution in [1.82, 2.24) is 19.8 Å². The van der Waals surface area contributed by atoms with Crippen molar-refractivity contribution in [3.63, 3.8) is 0 Å². The molecule has 0 aliphatic rings. The molecular formula is C24H25FN6O6S. The van der Waals surface area contributed by atoms with Gasteiger partial charge in [0.2, 0.25) is 0 Å². The molecule has 0 atom stereocenters. The van der Waals surface area contributed by atoms with Crippen LogP contribution in [0.15, 0.2) is 57.9 Å². The highest BCUT2D eigenvalue weighted by Gasteiger charge is 2.20. The molecule has 14 heteroatoms. The number of hydrogen-bond acceptors (Lipinski definition) is 8. The molecule has 12 nitrogen and oxygen atoms in total. The first kappa shape index (κ1) is 26.6. The van der Waals surface area contributed by atoms with Gasteiger partial charge in [0.05, 0.1) is 11.9 Å². The molecule has 38 heavy (non-hydrogen) atoms. The lowest BCUT2D eigenvalue weighted by atomic mass is 9.97. The second kappa shape index (κ2) is 10.9. The maximum absolute atomic E-state index is 15.3. The third-order valence-electron chi connectivity index (χ3n) is 5.58. The molecule has 0 saturated heterocycles. The number of carbonyl (C=O) groups excluding carboxylic acids is 1. The molecule has 2 aromatic heterocycles. The van der Waals surface area contributed by atoms with Crippen molar-refractivity contribution in [2.45, 2.75) is 13.0 Å². The Hall–Kier alpha value is -4.43. The lowest BCUT2D eigenvalue weighted by Gasteiger charge is -2.15. The van der Waals surface area contributed by atoms with Gasteiger partial charge in [0.25, 0.3) is 10.2 Å². The number of nitrogens with one attached hydrogen (secondary N) is 4. The zero-order valence-electron chi connectivity index (χ0n) is 20.7. The molecule has 1 amide bonds. The van der Waals surface area contributed by atoms with Gasteiger partial charge < -0.3 is 19.4 Å². The molecule has 0 saturated carbocycles. The largest absolute Gasteiger partial charge is 0.422 e. The van der Waals surface area contributed by atoms with Gasteiger partial charge in [-0.15, -0.1) is 0 Å². The monoisotopic (exact) mass is 544 g/mol. The highest BCUT2D eigenvalue weighted by atomic mass is 32.2. The van der Waals surface area contributed by atoms with Crippen molar-refractivity contribution >= 4 is 38.8 Å². The van der Waals surface area contributed by atoms with Crippen LogP contribution in [0.4, 0.5) is 20.7 Å². The van der Waals surface area contributed by atoms with E-state index in [-0.39, 0.29) is 41.1 Å². The molecular weight excluding hydrogens is 519 g/mol. The lowest BCUT2D eigenvalue weighted by molar-refractivity contribution is 0.172. The van der Waals surface area contributed by atoms with Crippen molar-refractivity contribution < 1.29 is 26.8 Å². The van der Waals surface area contributed by atoms with E-state index in [1.54, 1.807) is 24.4 Å². The smallest absolute Gasteiger partial charge is 0.414 e. The first-order chi connectivity index (χ1) is 18.1. The first-order valence-corrected chi connectivity index (χ1v) is 12.8. The summed E-state index contributed by atoms with van der Waals surface area (Å²) in [6.07, 6.45) is 0.768. The van der Waals surface area contributed by atoms with Crippen LogP contribution in [0.1, 0.15) is 16.7 Å². The minimum absolute atomic E-state index is 0.0762. The number of aromatic amines is 1. The molecule has 0 fully saturated rings. The molecule has 0 bridgehead atoms. The SMILES string of the molecule is CNS(=O)(=O)Nc1cccc(Cc2c(CNc3ccn[nH]3)c3ccc(OC(=O)N(C)C)cc3oc2=O)c1F. The number of fused-ring (bicyclic) bond motifs is 1. The van der Waals surface area contributed by atoms with Crippen LogP contribution in [0.3, 0.4) is 0 Å². The Morgan fingerprint density at radius 3 is 2.66 bits per heavy atom. The maximum Gasteiger partial charge on any atom is 0.414 e. The zero-order valence-corrected chi connectivity index (χ0v) is 21.5. The highest BCUT2D eigenvalue weighted by Crippen LogP contribution is 2.28. The lowest BCUT2D eigenvalue weighted by Crippen LogP contribution is -2.27. The standard InChI is InChI=1S/C24H25FN6O6S/c1-26-38(34,35)30-19-6-4-5-14(22(19)25)11-17-18(13-27-21-9-10-28-29-21)16-8-7-15(36-24(33)31(2)3)12-20(16)37-23(17)32/h4-10,12,26,30H,11,13H2,1-3H3,(H2,27,28,29). The molecule has 0 spiro atoms. The Kier molecular flexibility index (Phi) is 7.64. The second-order valence-electron chi connectivity index (χ2n) is 8.36. The minimum Gasteiger partial charge on any atom is -0.422 e. The number of aromatic nitrogens is 2.